The molecule has 2 fully saturated rings. The van der Waals surface area contributed by atoms with Gasteiger partial charge in [-0.05, 0) is 37.6 Å². The molecule has 1 saturated carbocycles. The second-order valence-corrected chi connectivity index (χ2v) is 9.10. The van der Waals surface area contributed by atoms with Gasteiger partial charge >= 0.3 is 0 Å². The van der Waals surface area contributed by atoms with Gasteiger partial charge in [0.05, 0.1) is 26.4 Å². The molecular formula is C22H38IN3O2S. The maximum atomic E-state index is 5.76. The number of thiophene rings is 1. The highest BCUT2D eigenvalue weighted by Gasteiger charge is 2.35. The summed E-state index contributed by atoms with van der Waals surface area (Å²) < 4.78 is 10.8. The van der Waals surface area contributed by atoms with E-state index >= 15 is 0 Å². The van der Waals surface area contributed by atoms with E-state index in [0.717, 1.165) is 38.7 Å². The summed E-state index contributed by atoms with van der Waals surface area (Å²) in [5, 5.41) is 5.76. The van der Waals surface area contributed by atoms with Crippen molar-refractivity contribution in [2.45, 2.75) is 50.9 Å². The second-order valence-electron chi connectivity index (χ2n) is 8.16. The summed E-state index contributed by atoms with van der Waals surface area (Å²) in [6.07, 6.45) is 7.74. The van der Waals surface area contributed by atoms with Crippen LogP contribution in [0.3, 0.4) is 0 Å². The molecule has 0 radical (unpaired) electrons. The van der Waals surface area contributed by atoms with Crippen molar-refractivity contribution < 1.29 is 9.47 Å². The maximum absolute atomic E-state index is 5.76. The molecule has 1 aromatic heterocycles. The Balaban J connectivity index is 0.00000300. The van der Waals surface area contributed by atoms with Crippen molar-refractivity contribution in [3.05, 3.63) is 22.4 Å². The molecule has 1 N–H and O–H groups in total. The molecule has 2 aliphatic rings. The summed E-state index contributed by atoms with van der Waals surface area (Å²) in [5.41, 5.74) is 0.246. The highest BCUT2D eigenvalue weighted by molar-refractivity contribution is 14.0. The Bertz CT molecular complexity index is 591. The molecule has 0 amide bonds. The van der Waals surface area contributed by atoms with Crippen molar-refractivity contribution in [1.82, 2.24) is 10.2 Å². The number of hydrogen-bond donors (Lipinski definition) is 1. The fourth-order valence-electron chi connectivity index (χ4n) is 4.50. The van der Waals surface area contributed by atoms with Crippen LogP contribution in [0.5, 0.6) is 0 Å². The SMILES string of the molecule is CCNC(=NCC1(c2cccs2)CCCCC1)N1CCC(COCCOC)C1.I. The van der Waals surface area contributed by atoms with Crippen molar-refractivity contribution in [3.8, 4) is 0 Å². The lowest BCUT2D eigenvalue weighted by molar-refractivity contribution is 0.0536. The molecule has 1 aliphatic heterocycles. The summed E-state index contributed by atoms with van der Waals surface area (Å²) in [5.74, 6) is 1.67. The molecule has 5 nitrogen and oxygen atoms in total. The van der Waals surface area contributed by atoms with Crippen LogP contribution >= 0.6 is 35.3 Å². The molecular weight excluding hydrogens is 497 g/mol. The number of halogens is 1. The molecule has 0 spiro atoms. The van der Waals surface area contributed by atoms with Crippen molar-refractivity contribution >= 4 is 41.3 Å². The molecule has 1 aromatic rings. The third-order valence-corrected chi connectivity index (χ3v) is 7.21. The first kappa shape index (κ1) is 24.9. The quantitative estimate of drug-likeness (QED) is 0.219. The molecule has 3 rings (SSSR count). The number of likely N-dealkylation sites (tertiary alicyclic amines) is 1. The Kier molecular flexibility index (Phi) is 11.3. The molecule has 1 aliphatic carbocycles. The van der Waals surface area contributed by atoms with Crippen molar-refractivity contribution in [1.29, 1.82) is 0 Å². The number of guanidine groups is 1. The van der Waals surface area contributed by atoms with E-state index in [2.05, 4.69) is 34.7 Å². The fraction of sp³-hybridized carbons (Fsp3) is 0.773. The van der Waals surface area contributed by atoms with Gasteiger partial charge in [-0.25, -0.2) is 0 Å². The lowest BCUT2D eigenvalue weighted by atomic mass is 9.73. The van der Waals surface area contributed by atoms with Crippen LogP contribution in [0.2, 0.25) is 0 Å². The Morgan fingerprint density at radius 3 is 2.83 bits per heavy atom. The van der Waals surface area contributed by atoms with Gasteiger partial charge in [-0.2, -0.15) is 0 Å². The second kappa shape index (κ2) is 13.1. The fourth-order valence-corrected chi connectivity index (χ4v) is 5.48. The van der Waals surface area contributed by atoms with Crippen molar-refractivity contribution in [3.63, 3.8) is 0 Å². The lowest BCUT2D eigenvalue weighted by Crippen LogP contribution is -2.42. The zero-order chi connectivity index (χ0) is 19.7. The smallest absolute Gasteiger partial charge is 0.193 e. The van der Waals surface area contributed by atoms with Crippen LogP contribution in [0.15, 0.2) is 22.5 Å². The summed E-state index contributed by atoms with van der Waals surface area (Å²) in [4.78, 5) is 9.12. The van der Waals surface area contributed by atoms with Crippen LogP contribution < -0.4 is 5.32 Å². The van der Waals surface area contributed by atoms with E-state index in [1.54, 1.807) is 7.11 Å². The first-order chi connectivity index (χ1) is 13.8. The van der Waals surface area contributed by atoms with E-state index in [-0.39, 0.29) is 29.4 Å². The molecule has 29 heavy (non-hydrogen) atoms. The van der Waals surface area contributed by atoms with Crippen LogP contribution in [0.25, 0.3) is 0 Å². The van der Waals surface area contributed by atoms with E-state index in [9.17, 15) is 0 Å². The molecule has 7 heteroatoms. The number of aliphatic imine (C=N–C) groups is 1. The van der Waals surface area contributed by atoms with Crippen molar-refractivity contribution in [2.24, 2.45) is 10.9 Å². The lowest BCUT2D eigenvalue weighted by Gasteiger charge is -2.36. The summed E-state index contributed by atoms with van der Waals surface area (Å²) in [7, 11) is 1.72. The zero-order valence-corrected chi connectivity index (χ0v) is 21.2. The van der Waals surface area contributed by atoms with Gasteiger partial charge in [0.2, 0.25) is 0 Å². The van der Waals surface area contributed by atoms with Crippen molar-refractivity contribution in [2.75, 3.05) is 53.1 Å². The van der Waals surface area contributed by atoms with E-state index < -0.39 is 0 Å². The largest absolute Gasteiger partial charge is 0.382 e. The molecule has 0 bridgehead atoms. The highest BCUT2D eigenvalue weighted by atomic mass is 127. The predicted octanol–water partition coefficient (Wildman–Crippen LogP) is 4.52. The van der Waals surface area contributed by atoms with Gasteiger partial charge in [0.15, 0.2) is 5.96 Å². The van der Waals surface area contributed by atoms with Gasteiger partial charge < -0.3 is 19.7 Å². The first-order valence-corrected chi connectivity index (χ1v) is 11.8. The van der Waals surface area contributed by atoms with Gasteiger partial charge in [0.1, 0.15) is 0 Å². The minimum atomic E-state index is 0. The minimum absolute atomic E-state index is 0. The standard InChI is InChI=1S/C22H37N3O2S.HI/c1-3-23-21(25-12-9-19(16-25)17-27-14-13-26-2)24-18-22(10-5-4-6-11-22)20-8-7-15-28-20;/h7-8,15,19H,3-6,9-14,16-18H2,1-2H3,(H,23,24);1H. The number of hydrogen-bond acceptors (Lipinski definition) is 4. The van der Waals surface area contributed by atoms with E-state index in [1.807, 2.05) is 11.3 Å². The summed E-state index contributed by atoms with van der Waals surface area (Å²) in [6, 6.07) is 4.52. The van der Waals surface area contributed by atoms with Crippen LogP contribution in [0, 0.1) is 5.92 Å². The number of rotatable bonds is 9. The molecule has 1 atom stereocenters. The minimum Gasteiger partial charge on any atom is -0.382 e. The third kappa shape index (κ3) is 7.08. The van der Waals surface area contributed by atoms with Crippen LogP contribution in [0.4, 0.5) is 0 Å². The molecule has 1 saturated heterocycles. The highest BCUT2D eigenvalue weighted by Crippen LogP contribution is 2.41. The molecule has 0 aromatic carbocycles. The predicted molar refractivity (Wildman–Crippen MR) is 133 cm³/mol. The molecule has 166 valence electrons. The van der Waals surface area contributed by atoms with Crippen LogP contribution in [-0.4, -0.2) is 64.0 Å². The van der Waals surface area contributed by atoms with Gasteiger partial charge in [-0.1, -0.05) is 25.3 Å². The first-order valence-electron chi connectivity index (χ1n) is 10.9. The number of ether oxygens (including phenoxy) is 2. The topological polar surface area (TPSA) is 46.1 Å². The summed E-state index contributed by atoms with van der Waals surface area (Å²) in [6.45, 7) is 8.25. The Labute approximate surface area is 197 Å². The number of nitrogens with zero attached hydrogens (tertiary/aromatic N) is 2. The maximum Gasteiger partial charge on any atom is 0.193 e. The molecule has 1 unspecified atom stereocenters. The molecule has 2 heterocycles. The van der Waals surface area contributed by atoms with Gasteiger partial charge in [-0.3, -0.25) is 4.99 Å². The number of nitrogens with one attached hydrogen (secondary N) is 1. The van der Waals surface area contributed by atoms with Crippen LogP contribution in [0.1, 0.15) is 50.3 Å². The summed E-state index contributed by atoms with van der Waals surface area (Å²) >= 11 is 1.91. The average Bonchev–Trinajstić information content (AvgIpc) is 3.42. The van der Waals surface area contributed by atoms with E-state index in [4.69, 9.17) is 14.5 Å². The zero-order valence-electron chi connectivity index (χ0n) is 18.0. The van der Waals surface area contributed by atoms with Gasteiger partial charge in [0, 0.05) is 43.0 Å². The van der Waals surface area contributed by atoms with Crippen LogP contribution in [-0.2, 0) is 14.9 Å². The monoisotopic (exact) mass is 535 g/mol. The normalized spacial score (nSPS) is 21.8. The third-order valence-electron chi connectivity index (χ3n) is 6.09. The van der Waals surface area contributed by atoms with Gasteiger partial charge in [-0.15, -0.1) is 35.3 Å². The Hall–Kier alpha value is -0.380. The van der Waals surface area contributed by atoms with E-state index in [1.165, 1.54) is 43.4 Å². The average molecular weight is 536 g/mol. The Morgan fingerprint density at radius 2 is 2.14 bits per heavy atom. The van der Waals surface area contributed by atoms with Gasteiger partial charge in [0.25, 0.3) is 0 Å². The Morgan fingerprint density at radius 1 is 1.31 bits per heavy atom. The van der Waals surface area contributed by atoms with E-state index in [0.29, 0.717) is 19.1 Å². The number of methoxy groups -OCH3 is 1.